The van der Waals surface area contributed by atoms with Gasteiger partial charge in [-0.05, 0) is 37.5 Å². The van der Waals surface area contributed by atoms with Gasteiger partial charge in [0.05, 0.1) is 23.0 Å². The molecule has 1 aromatic rings. The zero-order valence-corrected chi connectivity index (χ0v) is 11.5. The topological polar surface area (TPSA) is 55.9 Å². The number of aryl methyl sites for hydroxylation is 1. The smallest absolute Gasteiger partial charge is 0.0834 e. The van der Waals surface area contributed by atoms with E-state index >= 15 is 0 Å². The molecule has 1 heterocycles. The van der Waals surface area contributed by atoms with Crippen LogP contribution in [0.2, 0.25) is 5.02 Å². The van der Waals surface area contributed by atoms with E-state index in [1.807, 2.05) is 4.68 Å². The fraction of sp³-hybridized carbons (Fsp3) is 0.769. The van der Waals surface area contributed by atoms with Gasteiger partial charge in [0, 0.05) is 6.54 Å². The first-order valence-electron chi connectivity index (χ1n) is 6.95. The fourth-order valence-corrected chi connectivity index (χ4v) is 4.11. The standard InChI is InChI=1S/C13H21ClN4/c1-2-18-13(10(14)7-16-18)12(17-15)11-8-5-3-4-6-9(8)11/h7-9,11-12,17H,2-6,15H2,1H3. The van der Waals surface area contributed by atoms with Crippen molar-refractivity contribution >= 4 is 11.6 Å². The number of nitrogens with zero attached hydrogens (tertiary/aromatic N) is 2. The molecule has 2 fully saturated rings. The minimum atomic E-state index is 0.160. The predicted molar refractivity (Wildman–Crippen MR) is 71.9 cm³/mol. The molecule has 4 nitrogen and oxygen atoms in total. The Balaban J connectivity index is 1.86. The first-order valence-corrected chi connectivity index (χ1v) is 7.33. The van der Waals surface area contributed by atoms with Crippen molar-refractivity contribution in [3.8, 4) is 0 Å². The van der Waals surface area contributed by atoms with Crippen LogP contribution in [0.3, 0.4) is 0 Å². The highest BCUT2D eigenvalue weighted by Crippen LogP contribution is 2.60. The molecule has 2 aliphatic carbocycles. The van der Waals surface area contributed by atoms with E-state index in [4.69, 9.17) is 17.4 Å². The van der Waals surface area contributed by atoms with Crippen molar-refractivity contribution < 1.29 is 0 Å². The van der Waals surface area contributed by atoms with E-state index in [1.165, 1.54) is 25.7 Å². The number of nitrogens with two attached hydrogens (primary N) is 1. The minimum absolute atomic E-state index is 0.160. The van der Waals surface area contributed by atoms with Crippen LogP contribution in [-0.4, -0.2) is 9.78 Å². The third-order valence-electron chi connectivity index (χ3n) is 4.71. The van der Waals surface area contributed by atoms with E-state index in [0.717, 1.165) is 29.1 Å². The molecular weight excluding hydrogens is 248 g/mol. The lowest BCUT2D eigenvalue weighted by atomic mass is 10.0. The number of fused-ring (bicyclic) bond motifs is 1. The Morgan fingerprint density at radius 1 is 1.50 bits per heavy atom. The molecule has 0 aliphatic heterocycles. The van der Waals surface area contributed by atoms with Crippen LogP contribution in [0.15, 0.2) is 6.20 Å². The van der Waals surface area contributed by atoms with Gasteiger partial charge in [0.25, 0.3) is 0 Å². The van der Waals surface area contributed by atoms with Gasteiger partial charge in [-0.1, -0.05) is 24.4 Å². The third kappa shape index (κ3) is 1.87. The summed E-state index contributed by atoms with van der Waals surface area (Å²) in [5, 5.41) is 5.06. The van der Waals surface area contributed by atoms with Gasteiger partial charge in [0.2, 0.25) is 0 Å². The second-order valence-electron chi connectivity index (χ2n) is 5.53. The van der Waals surface area contributed by atoms with E-state index < -0.39 is 0 Å². The zero-order chi connectivity index (χ0) is 12.7. The predicted octanol–water partition coefficient (Wildman–Crippen LogP) is 2.50. The van der Waals surface area contributed by atoms with E-state index in [2.05, 4.69) is 17.4 Å². The SMILES string of the molecule is CCn1ncc(Cl)c1C(NN)C1C2CCCCC21. The lowest BCUT2D eigenvalue weighted by Gasteiger charge is -2.18. The first-order chi connectivity index (χ1) is 8.77. The molecule has 0 bridgehead atoms. The maximum atomic E-state index is 6.29. The van der Waals surface area contributed by atoms with Crippen molar-refractivity contribution in [1.29, 1.82) is 0 Å². The second-order valence-corrected chi connectivity index (χ2v) is 5.93. The van der Waals surface area contributed by atoms with Crippen LogP contribution in [-0.2, 0) is 6.54 Å². The average Bonchev–Trinajstić information content (AvgIpc) is 3.00. The van der Waals surface area contributed by atoms with Crippen LogP contribution in [0.1, 0.15) is 44.3 Å². The maximum absolute atomic E-state index is 6.29. The van der Waals surface area contributed by atoms with Crippen molar-refractivity contribution in [2.75, 3.05) is 0 Å². The summed E-state index contributed by atoms with van der Waals surface area (Å²) in [6.45, 7) is 2.92. The molecular formula is C13H21ClN4. The highest BCUT2D eigenvalue weighted by Gasteiger charge is 2.55. The van der Waals surface area contributed by atoms with Crippen LogP contribution in [0.5, 0.6) is 0 Å². The molecule has 0 spiro atoms. The molecule has 1 aromatic heterocycles. The van der Waals surface area contributed by atoms with Crippen molar-refractivity contribution in [3.05, 3.63) is 16.9 Å². The largest absolute Gasteiger partial charge is 0.271 e. The lowest BCUT2D eigenvalue weighted by molar-refractivity contribution is 0.420. The van der Waals surface area contributed by atoms with Gasteiger partial charge in [-0.3, -0.25) is 16.0 Å². The Morgan fingerprint density at radius 2 is 2.17 bits per heavy atom. The number of hydrogen-bond acceptors (Lipinski definition) is 3. The Bertz CT molecular complexity index is 419. The molecule has 0 saturated heterocycles. The molecule has 0 aromatic carbocycles. The van der Waals surface area contributed by atoms with Crippen LogP contribution in [0.25, 0.3) is 0 Å². The number of hydrogen-bond donors (Lipinski definition) is 2. The lowest BCUT2D eigenvalue weighted by Crippen LogP contribution is -2.32. The molecule has 0 radical (unpaired) electrons. The Kier molecular flexibility index (Phi) is 3.34. The van der Waals surface area contributed by atoms with Gasteiger partial charge in [-0.25, -0.2) is 0 Å². The summed E-state index contributed by atoms with van der Waals surface area (Å²) in [5.74, 6) is 8.14. The van der Waals surface area contributed by atoms with Crippen LogP contribution in [0, 0.1) is 17.8 Å². The molecule has 0 amide bonds. The summed E-state index contributed by atoms with van der Waals surface area (Å²) >= 11 is 6.29. The quantitative estimate of drug-likeness (QED) is 0.652. The number of aromatic nitrogens is 2. The number of hydrazine groups is 1. The highest BCUT2D eigenvalue weighted by molar-refractivity contribution is 6.31. The number of nitrogens with one attached hydrogen (secondary N) is 1. The van der Waals surface area contributed by atoms with Crippen molar-refractivity contribution in [1.82, 2.24) is 15.2 Å². The minimum Gasteiger partial charge on any atom is -0.271 e. The Labute approximate surface area is 113 Å². The molecule has 3 N–H and O–H groups in total. The summed E-state index contributed by atoms with van der Waals surface area (Å²) in [7, 11) is 0. The molecule has 3 unspecified atom stereocenters. The Hall–Kier alpha value is -0.580. The number of rotatable bonds is 4. The van der Waals surface area contributed by atoms with Gasteiger partial charge in [0.15, 0.2) is 0 Å². The van der Waals surface area contributed by atoms with Gasteiger partial charge in [-0.2, -0.15) is 5.10 Å². The zero-order valence-electron chi connectivity index (χ0n) is 10.8. The number of halogens is 1. The van der Waals surface area contributed by atoms with Crippen molar-refractivity contribution in [2.24, 2.45) is 23.6 Å². The van der Waals surface area contributed by atoms with Gasteiger partial charge >= 0.3 is 0 Å². The normalized spacial score (nSPS) is 32.1. The van der Waals surface area contributed by atoms with E-state index in [9.17, 15) is 0 Å². The average molecular weight is 269 g/mol. The monoisotopic (exact) mass is 268 g/mol. The van der Waals surface area contributed by atoms with Gasteiger partial charge in [-0.15, -0.1) is 0 Å². The van der Waals surface area contributed by atoms with Crippen LogP contribution >= 0.6 is 11.6 Å². The highest BCUT2D eigenvalue weighted by atomic mass is 35.5. The summed E-state index contributed by atoms with van der Waals surface area (Å²) < 4.78 is 1.97. The summed E-state index contributed by atoms with van der Waals surface area (Å²) in [4.78, 5) is 0. The van der Waals surface area contributed by atoms with E-state index in [0.29, 0.717) is 5.92 Å². The van der Waals surface area contributed by atoms with E-state index in [1.54, 1.807) is 6.20 Å². The molecule has 5 heteroatoms. The van der Waals surface area contributed by atoms with E-state index in [-0.39, 0.29) is 6.04 Å². The molecule has 3 rings (SSSR count). The third-order valence-corrected chi connectivity index (χ3v) is 5.01. The first kappa shape index (κ1) is 12.5. The van der Waals surface area contributed by atoms with Crippen molar-refractivity contribution in [2.45, 2.75) is 45.2 Å². The molecule has 2 aliphatic rings. The van der Waals surface area contributed by atoms with Gasteiger partial charge < -0.3 is 0 Å². The summed E-state index contributed by atoms with van der Waals surface area (Å²) in [6.07, 6.45) is 7.18. The molecule has 2 saturated carbocycles. The Morgan fingerprint density at radius 3 is 2.72 bits per heavy atom. The summed E-state index contributed by atoms with van der Waals surface area (Å²) in [5.41, 5.74) is 4.06. The molecule has 18 heavy (non-hydrogen) atoms. The summed E-state index contributed by atoms with van der Waals surface area (Å²) in [6, 6.07) is 0.160. The molecule has 3 atom stereocenters. The van der Waals surface area contributed by atoms with Crippen molar-refractivity contribution in [3.63, 3.8) is 0 Å². The van der Waals surface area contributed by atoms with Gasteiger partial charge in [0.1, 0.15) is 0 Å². The molecule has 100 valence electrons. The van der Waals surface area contributed by atoms with Crippen LogP contribution < -0.4 is 11.3 Å². The fourth-order valence-electron chi connectivity index (χ4n) is 3.85. The van der Waals surface area contributed by atoms with Crippen LogP contribution in [0.4, 0.5) is 0 Å². The second kappa shape index (κ2) is 4.83. The maximum Gasteiger partial charge on any atom is 0.0834 e.